The molecule has 3 nitrogen and oxygen atoms in total. The van der Waals surface area contributed by atoms with E-state index in [-0.39, 0.29) is 11.6 Å². The maximum atomic E-state index is 11.0. The summed E-state index contributed by atoms with van der Waals surface area (Å²) in [7, 11) is 1.81. The van der Waals surface area contributed by atoms with Crippen LogP contribution in [-0.4, -0.2) is 25.2 Å². The van der Waals surface area contributed by atoms with Gasteiger partial charge in [-0.1, -0.05) is 20.3 Å². The number of carbonyl (C=O) groups is 1. The van der Waals surface area contributed by atoms with Crippen LogP contribution in [0.3, 0.4) is 0 Å². The maximum Gasteiger partial charge on any atom is 0.307 e. The fourth-order valence-corrected chi connectivity index (χ4v) is 0.620. The van der Waals surface area contributed by atoms with Crippen LogP contribution in [-0.2, 0) is 9.53 Å². The van der Waals surface area contributed by atoms with Crippen LogP contribution in [0.4, 0.5) is 0 Å². The van der Waals surface area contributed by atoms with Crippen molar-refractivity contribution in [1.82, 2.24) is 5.32 Å². The highest BCUT2D eigenvalue weighted by molar-refractivity contribution is 5.70. The number of ether oxygens (including phenoxy) is 1. The molecule has 0 amide bonds. The predicted molar refractivity (Wildman–Crippen MR) is 60.4 cm³/mol. The minimum Gasteiger partial charge on any atom is -0.460 e. The molecule has 0 saturated heterocycles. The lowest BCUT2D eigenvalue weighted by Gasteiger charge is -2.19. The van der Waals surface area contributed by atoms with E-state index in [4.69, 9.17) is 4.74 Å². The summed E-state index contributed by atoms with van der Waals surface area (Å²) in [6.07, 6.45) is 1.69. The Morgan fingerprint density at radius 1 is 1.29 bits per heavy atom. The van der Waals surface area contributed by atoms with Crippen molar-refractivity contribution in [2.24, 2.45) is 0 Å². The summed E-state index contributed by atoms with van der Waals surface area (Å²) in [4.78, 5) is 11.0. The molecular weight excluding hydrogens is 178 g/mol. The smallest absolute Gasteiger partial charge is 0.307 e. The summed E-state index contributed by atoms with van der Waals surface area (Å²) in [5.74, 6) is -0.146. The van der Waals surface area contributed by atoms with Crippen LogP contribution in [0.5, 0.6) is 0 Å². The van der Waals surface area contributed by atoms with Crippen LogP contribution in [0.15, 0.2) is 0 Å². The fourth-order valence-electron chi connectivity index (χ4n) is 0.620. The SMILES string of the molecule is CCC.CNCCC(=O)OC(C)(C)C. The average Bonchev–Trinajstić information content (AvgIpc) is 1.99. The lowest BCUT2D eigenvalue weighted by molar-refractivity contribution is -0.154. The van der Waals surface area contributed by atoms with Gasteiger partial charge >= 0.3 is 5.97 Å². The van der Waals surface area contributed by atoms with Gasteiger partial charge in [-0.25, -0.2) is 0 Å². The summed E-state index contributed by atoms with van der Waals surface area (Å²) in [6, 6.07) is 0. The number of hydrogen-bond acceptors (Lipinski definition) is 3. The van der Waals surface area contributed by atoms with Crippen LogP contribution in [0.1, 0.15) is 47.5 Å². The van der Waals surface area contributed by atoms with E-state index < -0.39 is 0 Å². The molecule has 0 fully saturated rings. The molecule has 0 spiro atoms. The molecule has 0 rings (SSSR count). The third kappa shape index (κ3) is 17.5. The average molecular weight is 203 g/mol. The standard InChI is InChI=1S/C8H17NO2.C3H8/c1-8(2,3)11-7(10)5-6-9-4;1-3-2/h9H,5-6H2,1-4H3;3H2,1-2H3. The summed E-state index contributed by atoms with van der Waals surface area (Å²) in [5, 5.41) is 2.88. The molecule has 0 atom stereocenters. The van der Waals surface area contributed by atoms with E-state index in [0.29, 0.717) is 13.0 Å². The first-order valence-electron chi connectivity index (χ1n) is 5.23. The van der Waals surface area contributed by atoms with E-state index in [1.807, 2.05) is 27.8 Å². The first-order chi connectivity index (χ1) is 6.37. The van der Waals surface area contributed by atoms with Crippen LogP contribution >= 0.6 is 0 Å². The topological polar surface area (TPSA) is 38.3 Å². The monoisotopic (exact) mass is 203 g/mol. The summed E-state index contributed by atoms with van der Waals surface area (Å²) < 4.78 is 5.06. The number of esters is 1. The highest BCUT2D eigenvalue weighted by atomic mass is 16.6. The molecule has 3 heteroatoms. The number of nitrogens with one attached hydrogen (secondary N) is 1. The molecule has 0 aliphatic rings. The van der Waals surface area contributed by atoms with E-state index in [1.54, 1.807) is 0 Å². The second kappa shape index (κ2) is 9.00. The minimum atomic E-state index is -0.356. The minimum absolute atomic E-state index is 0.146. The summed E-state index contributed by atoms with van der Waals surface area (Å²) >= 11 is 0. The van der Waals surface area contributed by atoms with Crippen molar-refractivity contribution in [3.05, 3.63) is 0 Å². The molecule has 0 radical (unpaired) electrons. The first-order valence-corrected chi connectivity index (χ1v) is 5.23. The molecule has 0 saturated carbocycles. The van der Waals surface area contributed by atoms with Gasteiger partial charge < -0.3 is 10.1 Å². The van der Waals surface area contributed by atoms with Crippen molar-refractivity contribution in [2.75, 3.05) is 13.6 Å². The first kappa shape index (κ1) is 15.9. The Bertz CT molecular complexity index is 139. The Labute approximate surface area is 88.2 Å². The second-order valence-electron chi connectivity index (χ2n) is 4.15. The predicted octanol–water partition coefficient (Wildman–Crippen LogP) is 2.35. The maximum absolute atomic E-state index is 11.0. The molecule has 86 valence electrons. The third-order valence-electron chi connectivity index (χ3n) is 0.999. The van der Waals surface area contributed by atoms with Crippen molar-refractivity contribution in [3.8, 4) is 0 Å². The largest absolute Gasteiger partial charge is 0.460 e. The Hall–Kier alpha value is -0.570. The molecule has 0 aliphatic carbocycles. The van der Waals surface area contributed by atoms with Gasteiger partial charge in [0, 0.05) is 6.54 Å². The number of hydrogen-bond donors (Lipinski definition) is 1. The lowest BCUT2D eigenvalue weighted by Crippen LogP contribution is -2.25. The zero-order chi connectivity index (χ0) is 11.6. The fraction of sp³-hybridized carbons (Fsp3) is 0.909. The van der Waals surface area contributed by atoms with Crippen molar-refractivity contribution >= 4 is 5.97 Å². The Morgan fingerprint density at radius 3 is 2.00 bits per heavy atom. The molecule has 14 heavy (non-hydrogen) atoms. The molecule has 0 aromatic heterocycles. The van der Waals surface area contributed by atoms with Gasteiger partial charge in [-0.2, -0.15) is 0 Å². The van der Waals surface area contributed by atoms with E-state index in [9.17, 15) is 4.79 Å². The Balaban J connectivity index is 0. The van der Waals surface area contributed by atoms with Crippen molar-refractivity contribution < 1.29 is 9.53 Å². The van der Waals surface area contributed by atoms with Crippen LogP contribution in [0, 0.1) is 0 Å². The van der Waals surface area contributed by atoms with Gasteiger partial charge in [-0.05, 0) is 27.8 Å². The van der Waals surface area contributed by atoms with E-state index >= 15 is 0 Å². The summed E-state index contributed by atoms with van der Waals surface area (Å²) in [5.41, 5.74) is -0.356. The molecule has 1 N–H and O–H groups in total. The Morgan fingerprint density at radius 2 is 1.71 bits per heavy atom. The second-order valence-corrected chi connectivity index (χ2v) is 4.15. The summed E-state index contributed by atoms with van der Waals surface area (Å²) in [6.45, 7) is 10.5. The Kier molecular flexibility index (Phi) is 10.2. The van der Waals surface area contributed by atoms with Crippen molar-refractivity contribution in [1.29, 1.82) is 0 Å². The molecule has 0 aliphatic heterocycles. The van der Waals surface area contributed by atoms with Gasteiger partial charge in [0.15, 0.2) is 0 Å². The molecule has 0 aromatic rings. The van der Waals surface area contributed by atoms with Crippen molar-refractivity contribution in [3.63, 3.8) is 0 Å². The van der Waals surface area contributed by atoms with E-state index in [1.165, 1.54) is 6.42 Å². The van der Waals surface area contributed by atoms with Gasteiger partial charge in [0.2, 0.25) is 0 Å². The van der Waals surface area contributed by atoms with E-state index in [0.717, 1.165) is 0 Å². The molecule has 0 heterocycles. The lowest BCUT2D eigenvalue weighted by atomic mass is 10.2. The number of carbonyl (C=O) groups excluding carboxylic acids is 1. The number of rotatable bonds is 3. The van der Waals surface area contributed by atoms with Crippen LogP contribution < -0.4 is 5.32 Å². The zero-order valence-corrected chi connectivity index (χ0v) is 10.4. The zero-order valence-electron chi connectivity index (χ0n) is 10.4. The van der Waals surface area contributed by atoms with Gasteiger partial charge in [0.1, 0.15) is 5.60 Å². The highest BCUT2D eigenvalue weighted by Gasteiger charge is 2.14. The van der Waals surface area contributed by atoms with Gasteiger partial charge in [-0.3, -0.25) is 4.79 Å². The van der Waals surface area contributed by atoms with Gasteiger partial charge in [-0.15, -0.1) is 0 Å². The molecule has 0 bridgehead atoms. The van der Waals surface area contributed by atoms with Crippen LogP contribution in [0.2, 0.25) is 0 Å². The normalized spacial score (nSPS) is 10.1. The van der Waals surface area contributed by atoms with Crippen LogP contribution in [0.25, 0.3) is 0 Å². The van der Waals surface area contributed by atoms with Gasteiger partial charge in [0.25, 0.3) is 0 Å². The third-order valence-corrected chi connectivity index (χ3v) is 0.999. The molecular formula is C11H25NO2. The highest BCUT2D eigenvalue weighted by Crippen LogP contribution is 2.07. The molecule has 0 unspecified atom stereocenters. The van der Waals surface area contributed by atoms with E-state index in [2.05, 4.69) is 19.2 Å². The molecule has 0 aromatic carbocycles. The quantitative estimate of drug-likeness (QED) is 0.716. The van der Waals surface area contributed by atoms with Crippen molar-refractivity contribution in [2.45, 2.75) is 53.1 Å². The van der Waals surface area contributed by atoms with Gasteiger partial charge in [0.05, 0.1) is 6.42 Å².